The first-order chi connectivity index (χ1) is 8.78. The molecule has 0 radical (unpaired) electrons. The first-order valence-corrected chi connectivity index (χ1v) is 16.5. The molecule has 2 aliphatic carbocycles. The Morgan fingerprint density at radius 1 is 1.00 bits per heavy atom. The van der Waals surface area contributed by atoms with Gasteiger partial charge in [0.15, 0.2) is 0 Å². The van der Waals surface area contributed by atoms with Crippen LogP contribution >= 0.6 is 0 Å². The zero-order valence-corrected chi connectivity index (χ0v) is 16.8. The maximum atomic E-state index is 11.6. The second-order valence-electron chi connectivity index (χ2n) is 8.96. The summed E-state index contributed by atoms with van der Waals surface area (Å²) in [5.74, 6) is 1.16. The number of rotatable bonds is 4. The molecule has 2 bridgehead atoms. The summed E-state index contributed by atoms with van der Waals surface area (Å²) >= 11 is 0. The molecule has 0 N–H and O–H groups in total. The van der Waals surface area contributed by atoms with Gasteiger partial charge in [-0.1, -0.05) is 39.3 Å². The average molecular weight is 335 g/mol. The van der Waals surface area contributed by atoms with Gasteiger partial charge in [0, 0.05) is 16.1 Å². The van der Waals surface area contributed by atoms with Gasteiger partial charge in [0.2, 0.25) is 0 Å². The zero-order chi connectivity index (χ0) is 15.6. The quantitative estimate of drug-likeness (QED) is 0.581. The summed E-state index contributed by atoms with van der Waals surface area (Å²) in [6.45, 7) is 14.9. The third-order valence-corrected chi connectivity index (χ3v) is 17.4. The van der Waals surface area contributed by atoms with Crippen molar-refractivity contribution in [2.24, 2.45) is 11.8 Å². The van der Waals surface area contributed by atoms with E-state index in [2.05, 4.69) is 39.3 Å². The molecule has 0 heterocycles. The molecule has 6 heteroatoms. The molecule has 0 spiro atoms. The van der Waals surface area contributed by atoms with Gasteiger partial charge >= 0.3 is 0 Å². The van der Waals surface area contributed by atoms with E-state index in [0.717, 1.165) is 6.42 Å². The molecule has 0 amide bonds. The van der Waals surface area contributed by atoms with Gasteiger partial charge < -0.3 is 0 Å². The summed E-state index contributed by atoms with van der Waals surface area (Å²) in [6.07, 6.45) is 4.61. The molecule has 0 aromatic heterocycles. The van der Waals surface area contributed by atoms with E-state index in [9.17, 15) is 8.42 Å². The molecular weight excluding hydrogens is 304 g/mol. The van der Waals surface area contributed by atoms with Crippen molar-refractivity contribution in [1.82, 2.24) is 0 Å². The fourth-order valence-electron chi connectivity index (χ4n) is 5.57. The van der Waals surface area contributed by atoms with Crippen LogP contribution in [0.15, 0.2) is 0 Å². The largest absolute Gasteiger partial charge is 0.267 e. The topological polar surface area (TPSA) is 43.4 Å². The molecule has 20 heavy (non-hydrogen) atoms. The third-order valence-electron chi connectivity index (χ3n) is 5.82. The van der Waals surface area contributed by atoms with E-state index in [0.29, 0.717) is 16.5 Å². The molecule has 0 aromatic rings. The van der Waals surface area contributed by atoms with Crippen LogP contribution in [0.2, 0.25) is 43.9 Å². The molecule has 2 fully saturated rings. The summed E-state index contributed by atoms with van der Waals surface area (Å²) in [5, 5.41) is 0. The van der Waals surface area contributed by atoms with E-state index in [4.69, 9.17) is 4.18 Å². The Bertz CT molecular complexity index is 474. The Kier molecular flexibility index (Phi) is 3.90. The van der Waals surface area contributed by atoms with Gasteiger partial charge in [-0.25, -0.2) is 0 Å². The van der Waals surface area contributed by atoms with Crippen molar-refractivity contribution in [3.8, 4) is 0 Å². The molecule has 2 rings (SSSR count). The zero-order valence-electron chi connectivity index (χ0n) is 14.0. The minimum atomic E-state index is -3.34. The normalized spacial score (nSPS) is 33.6. The molecule has 118 valence electrons. The van der Waals surface area contributed by atoms with Crippen molar-refractivity contribution < 1.29 is 12.6 Å². The van der Waals surface area contributed by atoms with E-state index in [1.54, 1.807) is 0 Å². The molecule has 2 saturated carbocycles. The molecule has 3 atom stereocenters. The highest BCUT2D eigenvalue weighted by molar-refractivity contribution is 7.86. The van der Waals surface area contributed by atoms with Crippen molar-refractivity contribution in [2.45, 2.75) is 69.3 Å². The Morgan fingerprint density at radius 2 is 1.50 bits per heavy atom. The molecule has 0 saturated heterocycles. The fraction of sp³-hybridized carbons (Fsp3) is 1.00. The SMILES string of the molecule is C[Si](C)(C)C1([Si](C)(C)C)C[C@H]2C[C@H](OS(C)(=O)=O)[C@@H]1C2. The van der Waals surface area contributed by atoms with Crippen LogP contribution in [0.25, 0.3) is 0 Å². The average Bonchev–Trinajstić information content (AvgIpc) is 2.68. The Hall–Kier alpha value is 0.344. The molecular formula is C14H30O3SSi2. The van der Waals surface area contributed by atoms with Crippen molar-refractivity contribution in [3.63, 3.8) is 0 Å². The first kappa shape index (κ1) is 16.7. The highest BCUT2D eigenvalue weighted by Gasteiger charge is 2.66. The highest BCUT2D eigenvalue weighted by Crippen LogP contribution is 2.69. The van der Waals surface area contributed by atoms with Crippen LogP contribution in [-0.4, -0.2) is 36.9 Å². The Labute approximate surface area is 126 Å². The number of hydrogen-bond acceptors (Lipinski definition) is 3. The minimum absolute atomic E-state index is 0.0535. The van der Waals surface area contributed by atoms with Gasteiger partial charge in [-0.15, -0.1) is 0 Å². The van der Waals surface area contributed by atoms with Crippen LogP contribution in [0.5, 0.6) is 0 Å². The van der Waals surface area contributed by atoms with Gasteiger partial charge in [0.1, 0.15) is 0 Å². The van der Waals surface area contributed by atoms with Crippen LogP contribution in [0.4, 0.5) is 0 Å². The molecule has 3 nitrogen and oxygen atoms in total. The second kappa shape index (κ2) is 4.67. The lowest BCUT2D eigenvalue weighted by atomic mass is 9.96. The van der Waals surface area contributed by atoms with Crippen molar-refractivity contribution >= 4 is 26.3 Å². The van der Waals surface area contributed by atoms with E-state index < -0.39 is 26.3 Å². The second-order valence-corrected chi connectivity index (χ2v) is 21.8. The van der Waals surface area contributed by atoms with E-state index in [-0.39, 0.29) is 6.10 Å². The van der Waals surface area contributed by atoms with Crippen molar-refractivity contribution in [2.75, 3.05) is 6.26 Å². The summed E-state index contributed by atoms with van der Waals surface area (Å²) < 4.78 is 29.1. The van der Waals surface area contributed by atoms with Gasteiger partial charge in [0.25, 0.3) is 10.1 Å². The molecule has 0 unspecified atom stereocenters. The summed E-state index contributed by atoms with van der Waals surface area (Å²) in [7, 11) is -6.13. The predicted molar refractivity (Wildman–Crippen MR) is 89.9 cm³/mol. The molecule has 0 aromatic carbocycles. The van der Waals surface area contributed by atoms with Crippen LogP contribution in [0.1, 0.15) is 19.3 Å². The Morgan fingerprint density at radius 3 is 1.85 bits per heavy atom. The lowest BCUT2D eigenvalue weighted by molar-refractivity contribution is 0.133. The smallest absolute Gasteiger partial charge is 0.264 e. The molecule has 2 aliphatic rings. The van der Waals surface area contributed by atoms with E-state index in [1.807, 2.05) is 0 Å². The summed E-state index contributed by atoms with van der Waals surface area (Å²) in [4.78, 5) is 0. The Balaban J connectivity index is 2.42. The lowest BCUT2D eigenvalue weighted by Gasteiger charge is -2.56. The maximum absolute atomic E-state index is 11.6. The highest BCUT2D eigenvalue weighted by atomic mass is 32.2. The van der Waals surface area contributed by atoms with E-state index >= 15 is 0 Å². The van der Waals surface area contributed by atoms with Crippen LogP contribution in [0, 0.1) is 11.8 Å². The summed E-state index contributed by atoms with van der Waals surface area (Å²) in [5.41, 5.74) is 0. The monoisotopic (exact) mass is 334 g/mol. The minimum Gasteiger partial charge on any atom is -0.267 e. The molecule has 0 aliphatic heterocycles. The van der Waals surface area contributed by atoms with Crippen LogP contribution < -0.4 is 0 Å². The third kappa shape index (κ3) is 2.57. The van der Waals surface area contributed by atoms with Crippen molar-refractivity contribution in [1.29, 1.82) is 0 Å². The van der Waals surface area contributed by atoms with Crippen molar-refractivity contribution in [3.05, 3.63) is 0 Å². The maximum Gasteiger partial charge on any atom is 0.264 e. The van der Waals surface area contributed by atoms with Crippen LogP contribution in [-0.2, 0) is 14.3 Å². The van der Waals surface area contributed by atoms with Gasteiger partial charge in [0.05, 0.1) is 12.4 Å². The van der Waals surface area contributed by atoms with E-state index in [1.165, 1.54) is 19.1 Å². The van der Waals surface area contributed by atoms with Gasteiger partial charge in [-0.2, -0.15) is 8.42 Å². The number of hydrogen-bond donors (Lipinski definition) is 0. The predicted octanol–water partition coefficient (Wildman–Crippen LogP) is 3.72. The van der Waals surface area contributed by atoms with Gasteiger partial charge in [-0.05, 0) is 35.8 Å². The number of fused-ring (bicyclic) bond motifs is 2. The van der Waals surface area contributed by atoms with Gasteiger partial charge in [-0.3, -0.25) is 4.18 Å². The first-order valence-electron chi connectivity index (χ1n) is 7.66. The fourth-order valence-corrected chi connectivity index (χ4v) is 19.9. The lowest BCUT2D eigenvalue weighted by Crippen LogP contribution is -2.59. The van der Waals surface area contributed by atoms with Crippen LogP contribution in [0.3, 0.4) is 0 Å². The summed E-state index contributed by atoms with van der Waals surface area (Å²) in [6, 6.07) is 0. The standard InChI is InChI=1S/C14H30O3SSi2/c1-18(15,16)17-13-9-11-8-12(13)14(10-11,19(2,3)4)20(5,6)7/h11-13H,8-10H2,1-7H3/t11-,12+,13+/m1/s1.